The number of thiazole rings is 1. The fourth-order valence-corrected chi connectivity index (χ4v) is 3.13. The van der Waals surface area contributed by atoms with E-state index in [1.165, 1.54) is 16.2 Å². The van der Waals surface area contributed by atoms with Crippen LogP contribution < -0.4 is 21.7 Å². The number of piperazine rings is 1. The van der Waals surface area contributed by atoms with E-state index in [1.54, 1.807) is 6.92 Å². The summed E-state index contributed by atoms with van der Waals surface area (Å²) in [5, 5.41) is 4.00. The molecule has 1 aromatic heterocycles. The first kappa shape index (κ1) is 15.5. The number of hydrogen-bond acceptors (Lipinski definition) is 7. The summed E-state index contributed by atoms with van der Waals surface area (Å²) < 4.78 is 0. The molecule has 0 saturated carbocycles. The first-order chi connectivity index (χ1) is 10.0. The monoisotopic (exact) mass is 312 g/mol. The summed E-state index contributed by atoms with van der Waals surface area (Å²) in [6, 6.07) is 0. The van der Waals surface area contributed by atoms with E-state index in [-0.39, 0.29) is 18.3 Å². The molecular formula is C12H20N6O2S. The molecule has 1 saturated heterocycles. The highest BCUT2D eigenvalue weighted by molar-refractivity contribution is 7.18. The zero-order chi connectivity index (χ0) is 15.4. The summed E-state index contributed by atoms with van der Waals surface area (Å²) >= 11 is 1.26. The minimum Gasteiger partial charge on any atom is -0.382 e. The van der Waals surface area contributed by atoms with Crippen LogP contribution in [0.3, 0.4) is 0 Å². The highest BCUT2D eigenvalue weighted by Gasteiger charge is 2.24. The van der Waals surface area contributed by atoms with Gasteiger partial charge in [-0.25, -0.2) is 4.98 Å². The molecule has 0 aliphatic carbocycles. The van der Waals surface area contributed by atoms with Gasteiger partial charge in [0.15, 0.2) is 5.13 Å². The van der Waals surface area contributed by atoms with Gasteiger partial charge >= 0.3 is 0 Å². The number of primary amides is 1. The largest absolute Gasteiger partial charge is 0.382 e. The number of nitrogens with two attached hydrogens (primary N) is 2. The summed E-state index contributed by atoms with van der Waals surface area (Å²) in [6.45, 7) is 5.49. The van der Waals surface area contributed by atoms with E-state index in [4.69, 9.17) is 11.5 Å². The van der Waals surface area contributed by atoms with Gasteiger partial charge in [0.25, 0.3) is 5.91 Å². The van der Waals surface area contributed by atoms with Gasteiger partial charge in [0.2, 0.25) is 5.91 Å². The molecule has 2 rings (SSSR count). The first-order valence-corrected chi connectivity index (χ1v) is 7.64. The molecule has 1 aliphatic heterocycles. The van der Waals surface area contributed by atoms with E-state index in [9.17, 15) is 9.59 Å². The molecule has 1 aliphatic rings. The fraction of sp³-hybridized carbons (Fsp3) is 0.583. The Morgan fingerprint density at radius 2 is 2.10 bits per heavy atom. The number of likely N-dealkylation sites (N-methyl/N-ethyl adjacent to an activating group) is 1. The topological polar surface area (TPSA) is 118 Å². The van der Waals surface area contributed by atoms with E-state index >= 15 is 0 Å². The maximum atomic E-state index is 12.4. The summed E-state index contributed by atoms with van der Waals surface area (Å²) in [4.78, 5) is 31.5. The lowest BCUT2D eigenvalue weighted by Gasteiger charge is -2.26. The molecule has 21 heavy (non-hydrogen) atoms. The van der Waals surface area contributed by atoms with Crippen molar-refractivity contribution in [2.75, 3.05) is 49.9 Å². The van der Waals surface area contributed by atoms with Crippen LogP contribution in [0.15, 0.2) is 0 Å². The van der Waals surface area contributed by atoms with Crippen molar-refractivity contribution in [3.63, 3.8) is 0 Å². The van der Waals surface area contributed by atoms with Crippen molar-refractivity contribution >= 4 is 34.1 Å². The smallest absolute Gasteiger partial charge is 0.268 e. The van der Waals surface area contributed by atoms with Crippen molar-refractivity contribution in [3.8, 4) is 0 Å². The van der Waals surface area contributed by atoms with Crippen LogP contribution in [0.2, 0.25) is 0 Å². The second-order valence-corrected chi connectivity index (χ2v) is 5.71. The number of hydrogen-bond donors (Lipinski definition) is 3. The van der Waals surface area contributed by atoms with Gasteiger partial charge in [-0.1, -0.05) is 11.3 Å². The summed E-state index contributed by atoms with van der Waals surface area (Å²) in [5.74, 6) is -0.634. The Balaban J connectivity index is 2.17. The Kier molecular flexibility index (Phi) is 4.97. The molecule has 0 bridgehead atoms. The van der Waals surface area contributed by atoms with Crippen LogP contribution >= 0.6 is 11.3 Å². The molecule has 2 heterocycles. The van der Waals surface area contributed by atoms with Crippen molar-refractivity contribution in [1.82, 2.24) is 15.2 Å². The van der Waals surface area contributed by atoms with E-state index in [1.807, 2.05) is 0 Å². The molecule has 8 nitrogen and oxygen atoms in total. The van der Waals surface area contributed by atoms with Gasteiger partial charge in [0.1, 0.15) is 10.7 Å². The second kappa shape index (κ2) is 6.72. The van der Waals surface area contributed by atoms with E-state index in [0.717, 1.165) is 31.3 Å². The predicted molar refractivity (Wildman–Crippen MR) is 82.4 cm³/mol. The number of nitrogens with one attached hydrogen (secondary N) is 1. The Labute approximate surface area is 127 Å². The molecule has 0 aromatic carbocycles. The molecule has 9 heteroatoms. The zero-order valence-corrected chi connectivity index (χ0v) is 12.8. The molecule has 0 unspecified atom stereocenters. The summed E-state index contributed by atoms with van der Waals surface area (Å²) in [6.07, 6.45) is 0. The third-order valence-corrected chi connectivity index (χ3v) is 4.36. The van der Waals surface area contributed by atoms with Crippen LogP contribution in [-0.4, -0.2) is 61.0 Å². The van der Waals surface area contributed by atoms with Crippen molar-refractivity contribution in [3.05, 3.63) is 4.88 Å². The van der Waals surface area contributed by atoms with Crippen LogP contribution in [-0.2, 0) is 4.79 Å². The Morgan fingerprint density at radius 1 is 1.43 bits per heavy atom. The number of nitrogen functional groups attached to an aromatic ring is 1. The zero-order valence-electron chi connectivity index (χ0n) is 12.0. The Bertz CT molecular complexity index is 526. The molecule has 2 amide bonds. The minimum absolute atomic E-state index is 0.115. The molecule has 0 spiro atoms. The van der Waals surface area contributed by atoms with Gasteiger partial charge in [-0.05, 0) is 6.92 Å². The van der Waals surface area contributed by atoms with E-state index in [0.29, 0.717) is 11.4 Å². The average Bonchev–Trinajstić information content (AvgIpc) is 2.87. The fourth-order valence-electron chi connectivity index (χ4n) is 2.12. The second-order valence-electron chi connectivity index (χ2n) is 4.73. The van der Waals surface area contributed by atoms with E-state index in [2.05, 4.69) is 15.2 Å². The SMILES string of the molecule is CCN(CC(N)=O)C(=O)c1sc(N2CCNCC2)nc1N. The average molecular weight is 312 g/mol. The third-order valence-electron chi connectivity index (χ3n) is 3.24. The van der Waals surface area contributed by atoms with Crippen LogP contribution in [0.4, 0.5) is 10.9 Å². The number of nitrogens with zero attached hydrogens (tertiary/aromatic N) is 3. The quantitative estimate of drug-likeness (QED) is 0.647. The van der Waals surface area contributed by atoms with Gasteiger partial charge in [-0.3, -0.25) is 9.59 Å². The van der Waals surface area contributed by atoms with Gasteiger partial charge in [0, 0.05) is 32.7 Å². The number of carbonyl (C=O) groups is 2. The lowest BCUT2D eigenvalue weighted by atomic mass is 10.4. The third kappa shape index (κ3) is 3.61. The number of anilines is 2. The van der Waals surface area contributed by atoms with Crippen molar-refractivity contribution in [2.24, 2.45) is 5.73 Å². The van der Waals surface area contributed by atoms with Crippen LogP contribution in [0.1, 0.15) is 16.6 Å². The summed E-state index contributed by atoms with van der Waals surface area (Å²) in [5.41, 5.74) is 11.0. The maximum absolute atomic E-state index is 12.4. The minimum atomic E-state index is -0.546. The molecule has 0 atom stereocenters. The van der Waals surface area contributed by atoms with Gasteiger partial charge in [-0.2, -0.15) is 0 Å². The van der Waals surface area contributed by atoms with Gasteiger partial charge in [0.05, 0.1) is 6.54 Å². The highest BCUT2D eigenvalue weighted by Crippen LogP contribution is 2.29. The Hall–Kier alpha value is -1.87. The standard InChI is InChI=1S/C12H20N6O2S/c1-2-17(7-8(13)19)11(20)9-10(14)16-12(21-9)18-5-3-15-4-6-18/h15H,2-7,14H2,1H3,(H2,13,19). The number of carbonyl (C=O) groups excluding carboxylic acids is 2. The Morgan fingerprint density at radius 3 is 2.67 bits per heavy atom. The van der Waals surface area contributed by atoms with Crippen LogP contribution in [0, 0.1) is 0 Å². The predicted octanol–water partition coefficient (Wildman–Crippen LogP) is -0.918. The number of aromatic nitrogens is 1. The lowest BCUT2D eigenvalue weighted by Crippen LogP contribution is -2.43. The molecule has 5 N–H and O–H groups in total. The number of amides is 2. The van der Waals surface area contributed by atoms with Crippen molar-refractivity contribution in [2.45, 2.75) is 6.92 Å². The molecule has 116 valence electrons. The molecule has 1 aromatic rings. The van der Waals surface area contributed by atoms with Crippen LogP contribution in [0.25, 0.3) is 0 Å². The van der Waals surface area contributed by atoms with Crippen molar-refractivity contribution < 1.29 is 9.59 Å². The normalized spacial score (nSPS) is 15.0. The molecule has 0 radical (unpaired) electrons. The first-order valence-electron chi connectivity index (χ1n) is 6.82. The molecule has 1 fully saturated rings. The van der Waals surface area contributed by atoms with E-state index < -0.39 is 5.91 Å². The van der Waals surface area contributed by atoms with Crippen molar-refractivity contribution in [1.29, 1.82) is 0 Å². The molecular weight excluding hydrogens is 292 g/mol. The van der Waals surface area contributed by atoms with Crippen LogP contribution in [0.5, 0.6) is 0 Å². The van der Waals surface area contributed by atoms with Gasteiger partial charge in [-0.15, -0.1) is 0 Å². The summed E-state index contributed by atoms with van der Waals surface area (Å²) in [7, 11) is 0. The lowest BCUT2D eigenvalue weighted by molar-refractivity contribution is -0.118. The highest BCUT2D eigenvalue weighted by atomic mass is 32.1. The maximum Gasteiger partial charge on any atom is 0.268 e. The number of rotatable bonds is 5. The van der Waals surface area contributed by atoms with Gasteiger partial charge < -0.3 is 26.6 Å².